The molecule has 0 aromatic heterocycles. The Morgan fingerprint density at radius 1 is 1.04 bits per heavy atom. The topological polar surface area (TPSA) is 69.6 Å². The van der Waals surface area contributed by atoms with Crippen molar-refractivity contribution in [3.63, 3.8) is 0 Å². The number of carbonyl (C=O) groups is 2. The first-order valence-electron chi connectivity index (χ1n) is 8.63. The Labute approximate surface area is 153 Å². The summed E-state index contributed by atoms with van der Waals surface area (Å²) in [7, 11) is 0. The molecule has 1 atom stereocenters. The van der Waals surface area contributed by atoms with Crippen LogP contribution in [-0.4, -0.2) is 23.0 Å². The van der Waals surface area contributed by atoms with Crippen molar-refractivity contribution < 1.29 is 14.7 Å². The van der Waals surface area contributed by atoms with Crippen LogP contribution in [0.5, 0.6) is 0 Å². The maximum absolute atomic E-state index is 13.1. The van der Waals surface area contributed by atoms with Crippen molar-refractivity contribution in [3.8, 4) is 0 Å². The third-order valence-corrected chi connectivity index (χ3v) is 4.60. The van der Waals surface area contributed by atoms with Gasteiger partial charge in [-0.2, -0.15) is 0 Å². The van der Waals surface area contributed by atoms with E-state index in [0.29, 0.717) is 17.8 Å². The van der Waals surface area contributed by atoms with Crippen LogP contribution in [0.15, 0.2) is 59.8 Å². The van der Waals surface area contributed by atoms with E-state index in [1.807, 2.05) is 69.3 Å². The number of nitrogens with one attached hydrogen (secondary N) is 1. The molecule has 1 aliphatic heterocycles. The first kappa shape index (κ1) is 17.7. The van der Waals surface area contributed by atoms with Crippen LogP contribution >= 0.6 is 0 Å². The predicted molar refractivity (Wildman–Crippen MR) is 102 cm³/mol. The van der Waals surface area contributed by atoms with Gasteiger partial charge >= 0.3 is 5.97 Å². The number of rotatable bonds is 5. The fourth-order valence-electron chi connectivity index (χ4n) is 3.21. The summed E-state index contributed by atoms with van der Waals surface area (Å²) in [6.45, 7) is 5.83. The van der Waals surface area contributed by atoms with Crippen LogP contribution in [0, 0.1) is 13.8 Å². The molecule has 134 valence electrons. The lowest BCUT2D eigenvalue weighted by Crippen LogP contribution is -2.36. The van der Waals surface area contributed by atoms with Gasteiger partial charge in [0, 0.05) is 11.4 Å². The quantitative estimate of drug-likeness (QED) is 0.859. The van der Waals surface area contributed by atoms with Crippen molar-refractivity contribution in [3.05, 3.63) is 70.9 Å². The number of hydrogen-bond acceptors (Lipinski definition) is 3. The minimum atomic E-state index is -1.07. The number of aliphatic carboxylic acids is 1. The van der Waals surface area contributed by atoms with Crippen molar-refractivity contribution >= 4 is 23.3 Å². The number of benzene rings is 2. The highest BCUT2D eigenvalue weighted by atomic mass is 16.4. The van der Waals surface area contributed by atoms with Gasteiger partial charge in [0.15, 0.2) is 0 Å². The Bertz CT molecular complexity index is 867. The Morgan fingerprint density at radius 2 is 1.58 bits per heavy atom. The molecule has 0 spiro atoms. The first-order valence-corrected chi connectivity index (χ1v) is 8.63. The Hall–Kier alpha value is -3.08. The van der Waals surface area contributed by atoms with Crippen molar-refractivity contribution in [1.82, 2.24) is 0 Å². The van der Waals surface area contributed by atoms with Crippen LogP contribution in [0.25, 0.3) is 0 Å². The number of anilines is 2. The van der Waals surface area contributed by atoms with E-state index in [-0.39, 0.29) is 17.2 Å². The molecule has 26 heavy (non-hydrogen) atoms. The van der Waals surface area contributed by atoms with Gasteiger partial charge in [-0.15, -0.1) is 0 Å². The maximum atomic E-state index is 13.1. The van der Waals surface area contributed by atoms with Crippen LogP contribution in [0.2, 0.25) is 0 Å². The molecule has 2 aromatic carbocycles. The van der Waals surface area contributed by atoms with E-state index in [4.69, 9.17) is 0 Å². The van der Waals surface area contributed by atoms with Crippen molar-refractivity contribution in [2.24, 2.45) is 0 Å². The second kappa shape index (κ2) is 7.04. The van der Waals surface area contributed by atoms with E-state index in [1.165, 1.54) is 0 Å². The van der Waals surface area contributed by atoms with Crippen LogP contribution < -0.4 is 10.2 Å². The van der Waals surface area contributed by atoms with Gasteiger partial charge in [0.2, 0.25) is 0 Å². The zero-order valence-electron chi connectivity index (χ0n) is 15.1. The number of carbonyl (C=O) groups excluding carboxylic acids is 1. The molecule has 3 rings (SSSR count). The van der Waals surface area contributed by atoms with Crippen LogP contribution in [0.3, 0.4) is 0 Å². The summed E-state index contributed by atoms with van der Waals surface area (Å²) in [5, 5.41) is 12.8. The lowest BCUT2D eigenvalue weighted by atomic mass is 10.0. The maximum Gasteiger partial charge on any atom is 0.336 e. The molecule has 5 nitrogen and oxygen atoms in total. The molecule has 1 unspecified atom stereocenters. The van der Waals surface area contributed by atoms with Crippen LogP contribution in [0.4, 0.5) is 11.4 Å². The summed E-state index contributed by atoms with van der Waals surface area (Å²) < 4.78 is 0. The third kappa shape index (κ3) is 3.20. The first-order chi connectivity index (χ1) is 12.4. The second-order valence-corrected chi connectivity index (χ2v) is 6.52. The van der Waals surface area contributed by atoms with Gasteiger partial charge in [-0.1, -0.05) is 42.3 Å². The summed E-state index contributed by atoms with van der Waals surface area (Å²) in [6, 6.07) is 14.5. The second-order valence-electron chi connectivity index (χ2n) is 6.52. The zero-order valence-corrected chi connectivity index (χ0v) is 15.1. The van der Waals surface area contributed by atoms with Gasteiger partial charge < -0.3 is 10.4 Å². The van der Waals surface area contributed by atoms with E-state index in [9.17, 15) is 14.7 Å². The van der Waals surface area contributed by atoms with Gasteiger partial charge in [0.25, 0.3) is 5.91 Å². The van der Waals surface area contributed by atoms with Gasteiger partial charge in [0.05, 0.1) is 11.6 Å². The number of amides is 1. The number of carboxylic acid groups (broad SMARTS) is 1. The summed E-state index contributed by atoms with van der Waals surface area (Å²) >= 11 is 0. The molecule has 0 fully saturated rings. The highest BCUT2D eigenvalue weighted by molar-refractivity contribution is 6.17. The average molecular weight is 350 g/mol. The van der Waals surface area contributed by atoms with Gasteiger partial charge in [-0.25, -0.2) is 4.79 Å². The molecule has 2 N–H and O–H groups in total. The van der Waals surface area contributed by atoms with Crippen molar-refractivity contribution in [1.29, 1.82) is 0 Å². The van der Waals surface area contributed by atoms with E-state index >= 15 is 0 Å². The van der Waals surface area contributed by atoms with E-state index in [1.54, 1.807) is 4.90 Å². The number of nitrogens with zero attached hydrogens (tertiary/aromatic N) is 1. The average Bonchev–Trinajstić information content (AvgIpc) is 2.90. The molecule has 0 saturated heterocycles. The van der Waals surface area contributed by atoms with E-state index < -0.39 is 12.0 Å². The Balaban J connectivity index is 2.03. The molecule has 0 aliphatic carbocycles. The van der Waals surface area contributed by atoms with Crippen LogP contribution in [-0.2, 0) is 9.59 Å². The van der Waals surface area contributed by atoms with Crippen LogP contribution in [0.1, 0.15) is 24.5 Å². The summed E-state index contributed by atoms with van der Waals surface area (Å²) in [4.78, 5) is 26.6. The Kier molecular flexibility index (Phi) is 4.80. The van der Waals surface area contributed by atoms with E-state index in [0.717, 1.165) is 11.1 Å². The Morgan fingerprint density at radius 3 is 2.08 bits per heavy atom. The van der Waals surface area contributed by atoms with E-state index in [2.05, 4.69) is 5.32 Å². The van der Waals surface area contributed by atoms with Gasteiger partial charge in [-0.3, -0.25) is 9.69 Å². The minimum Gasteiger partial charge on any atom is -0.478 e. The molecular formula is C21H22N2O3. The largest absolute Gasteiger partial charge is 0.478 e. The number of carboxylic acids is 1. The normalized spacial score (nSPS) is 17.0. The molecule has 5 heteroatoms. The lowest BCUT2D eigenvalue weighted by Gasteiger charge is -2.25. The third-order valence-electron chi connectivity index (χ3n) is 4.60. The minimum absolute atomic E-state index is 0.110. The summed E-state index contributed by atoms with van der Waals surface area (Å²) in [5.41, 5.74) is 3.81. The molecule has 0 radical (unpaired) electrons. The highest BCUT2D eigenvalue weighted by Gasteiger charge is 2.42. The monoisotopic (exact) mass is 350 g/mol. The highest BCUT2D eigenvalue weighted by Crippen LogP contribution is 2.34. The summed E-state index contributed by atoms with van der Waals surface area (Å²) in [6.07, 6.45) is 0.514. The molecule has 1 aliphatic rings. The molecule has 1 heterocycles. The molecular weight excluding hydrogens is 328 g/mol. The predicted octanol–water partition coefficient (Wildman–Crippen LogP) is 3.88. The van der Waals surface area contributed by atoms with Gasteiger partial charge in [0.1, 0.15) is 5.70 Å². The fraction of sp³-hybridized carbons (Fsp3) is 0.238. The fourth-order valence-corrected chi connectivity index (χ4v) is 3.21. The van der Waals surface area contributed by atoms with Crippen molar-refractivity contribution in [2.75, 3.05) is 10.2 Å². The molecule has 0 saturated carbocycles. The molecule has 0 bridgehead atoms. The molecule has 2 aromatic rings. The molecule has 1 amide bonds. The number of aryl methyl sites for hydroxylation is 2. The number of hydrogen-bond donors (Lipinski definition) is 2. The van der Waals surface area contributed by atoms with Gasteiger partial charge in [-0.05, 0) is 44.5 Å². The lowest BCUT2D eigenvalue weighted by molar-refractivity contribution is -0.133. The zero-order chi connectivity index (χ0) is 18.8. The van der Waals surface area contributed by atoms with Crippen molar-refractivity contribution in [2.45, 2.75) is 33.2 Å². The smallest absolute Gasteiger partial charge is 0.336 e. The SMILES string of the molecule is CCC1C(C(=O)O)=C(Nc2ccc(C)cc2)C(=O)N1c1ccc(C)cc1. The summed E-state index contributed by atoms with van der Waals surface area (Å²) in [5.74, 6) is -1.40. The standard InChI is InChI=1S/C21H22N2O3/c1-4-17-18(21(25)26)19(22-15-9-5-13(2)6-10-15)20(24)23(17)16-11-7-14(3)8-12-16/h5-12,17,22H,4H2,1-3H3,(H,25,26).